The van der Waals surface area contributed by atoms with Gasteiger partial charge in [-0.05, 0) is 32.4 Å². The highest BCUT2D eigenvalue weighted by molar-refractivity contribution is 6.31. The number of amides is 1. The van der Waals surface area contributed by atoms with Crippen LogP contribution < -0.4 is 5.32 Å². The van der Waals surface area contributed by atoms with Gasteiger partial charge in [-0.2, -0.15) is 10.2 Å². The van der Waals surface area contributed by atoms with Gasteiger partial charge in [0.2, 0.25) is 5.91 Å². The first-order valence-corrected chi connectivity index (χ1v) is 9.54. The Morgan fingerprint density at radius 3 is 2.68 bits per heavy atom. The zero-order chi connectivity index (χ0) is 20.4. The number of nitrogens with one attached hydrogen (secondary N) is 1. The van der Waals surface area contributed by atoms with Crippen LogP contribution in [0.2, 0.25) is 10.0 Å². The van der Waals surface area contributed by atoms with Crippen molar-refractivity contribution in [2.45, 2.75) is 39.8 Å². The molecule has 3 rings (SSSR count). The zero-order valence-electron chi connectivity index (χ0n) is 15.7. The summed E-state index contributed by atoms with van der Waals surface area (Å²) in [5, 5.41) is 12.3. The van der Waals surface area contributed by atoms with Crippen molar-refractivity contribution in [3.8, 4) is 0 Å². The van der Waals surface area contributed by atoms with Crippen molar-refractivity contribution < 1.29 is 9.18 Å². The molecule has 1 unspecified atom stereocenters. The Labute approximate surface area is 172 Å². The first-order valence-electron chi connectivity index (χ1n) is 8.79. The molecule has 6 nitrogen and oxygen atoms in total. The van der Waals surface area contributed by atoms with Gasteiger partial charge in [-0.1, -0.05) is 36.2 Å². The fraction of sp³-hybridized carbons (Fsp3) is 0.316. The summed E-state index contributed by atoms with van der Waals surface area (Å²) < 4.78 is 17.3. The number of nitrogens with zero attached hydrogens (tertiary/aromatic N) is 4. The highest BCUT2D eigenvalue weighted by Crippen LogP contribution is 2.25. The quantitative estimate of drug-likeness (QED) is 0.620. The molecule has 0 spiro atoms. The van der Waals surface area contributed by atoms with Gasteiger partial charge < -0.3 is 5.32 Å². The molecular weight excluding hydrogens is 404 g/mol. The number of rotatable bonds is 6. The van der Waals surface area contributed by atoms with E-state index in [-0.39, 0.29) is 12.5 Å². The highest BCUT2D eigenvalue weighted by atomic mass is 35.5. The molecule has 0 saturated carbocycles. The number of hydrogen-bond donors (Lipinski definition) is 1. The van der Waals surface area contributed by atoms with Gasteiger partial charge in [0.1, 0.15) is 11.9 Å². The van der Waals surface area contributed by atoms with Crippen LogP contribution in [0.3, 0.4) is 0 Å². The predicted molar refractivity (Wildman–Crippen MR) is 107 cm³/mol. The van der Waals surface area contributed by atoms with Crippen LogP contribution >= 0.6 is 23.2 Å². The smallest absolute Gasteiger partial charge is 0.249 e. The molecule has 9 heteroatoms. The molecule has 148 valence electrons. The van der Waals surface area contributed by atoms with Crippen molar-refractivity contribution in [1.29, 1.82) is 0 Å². The van der Waals surface area contributed by atoms with E-state index in [0.717, 1.165) is 0 Å². The van der Waals surface area contributed by atoms with Gasteiger partial charge in [-0.15, -0.1) is 0 Å². The molecule has 1 amide bonds. The second-order valence-corrected chi connectivity index (χ2v) is 7.30. The molecule has 2 heterocycles. The summed E-state index contributed by atoms with van der Waals surface area (Å²) in [5.41, 5.74) is 2.28. The molecule has 1 aromatic carbocycles. The van der Waals surface area contributed by atoms with Crippen molar-refractivity contribution in [2.75, 3.05) is 5.32 Å². The maximum absolute atomic E-state index is 14.1. The normalized spacial score (nSPS) is 12.2. The van der Waals surface area contributed by atoms with E-state index >= 15 is 0 Å². The molecule has 3 aromatic rings. The summed E-state index contributed by atoms with van der Waals surface area (Å²) in [6.45, 7) is 5.66. The number of carbonyl (C=O) groups is 1. The first kappa shape index (κ1) is 20.4. The lowest BCUT2D eigenvalue weighted by Gasteiger charge is -2.16. The number of halogens is 3. The Morgan fingerprint density at radius 1 is 1.32 bits per heavy atom. The molecule has 0 aliphatic carbocycles. The Bertz CT molecular complexity index is 994. The summed E-state index contributed by atoms with van der Waals surface area (Å²) >= 11 is 12.0. The Balaban J connectivity index is 1.84. The third kappa shape index (κ3) is 4.05. The second-order valence-electron chi connectivity index (χ2n) is 6.46. The van der Waals surface area contributed by atoms with E-state index in [4.69, 9.17) is 23.2 Å². The van der Waals surface area contributed by atoms with Crippen LogP contribution in [0, 0.1) is 19.7 Å². The molecule has 2 aromatic heterocycles. The van der Waals surface area contributed by atoms with Crippen LogP contribution in [0.1, 0.15) is 36.3 Å². The van der Waals surface area contributed by atoms with Crippen LogP contribution in [0.25, 0.3) is 0 Å². The second kappa shape index (κ2) is 8.32. The zero-order valence-corrected chi connectivity index (χ0v) is 17.2. The van der Waals surface area contributed by atoms with E-state index in [2.05, 4.69) is 15.5 Å². The lowest BCUT2D eigenvalue weighted by Crippen LogP contribution is -2.26. The van der Waals surface area contributed by atoms with E-state index in [0.29, 0.717) is 39.1 Å². The summed E-state index contributed by atoms with van der Waals surface area (Å²) in [4.78, 5) is 12.8. The summed E-state index contributed by atoms with van der Waals surface area (Å²) in [7, 11) is 0. The summed E-state index contributed by atoms with van der Waals surface area (Å²) in [5.74, 6) is -0.621. The van der Waals surface area contributed by atoms with Gasteiger partial charge in [0.25, 0.3) is 0 Å². The van der Waals surface area contributed by atoms with Crippen LogP contribution in [0.5, 0.6) is 0 Å². The number of aryl methyl sites for hydroxylation is 1. The highest BCUT2D eigenvalue weighted by Gasteiger charge is 2.23. The van der Waals surface area contributed by atoms with Crippen molar-refractivity contribution in [2.24, 2.45) is 0 Å². The van der Waals surface area contributed by atoms with Crippen LogP contribution in [0.4, 0.5) is 10.1 Å². The van der Waals surface area contributed by atoms with Gasteiger partial charge in [0.05, 0.1) is 34.8 Å². The van der Waals surface area contributed by atoms with E-state index in [9.17, 15) is 9.18 Å². The summed E-state index contributed by atoms with van der Waals surface area (Å²) in [6.07, 6.45) is 3.64. The standard InChI is InChI=1S/C19H20Cl2FN5O/c1-4-17(27-9-13(20)8-23-27)19(28)24-18-11(2)25-26(12(18)3)10-14-15(21)6-5-7-16(14)22/h5-9,17H,4,10H2,1-3H3,(H,24,28). The number of carbonyl (C=O) groups excluding carboxylic acids is 1. The Hall–Kier alpha value is -2.38. The molecule has 1 N–H and O–H groups in total. The van der Waals surface area contributed by atoms with E-state index in [1.165, 1.54) is 16.9 Å². The topological polar surface area (TPSA) is 64.7 Å². The number of anilines is 1. The Kier molecular flexibility index (Phi) is 6.05. The molecule has 28 heavy (non-hydrogen) atoms. The number of benzene rings is 1. The fourth-order valence-corrected chi connectivity index (χ4v) is 3.42. The van der Waals surface area contributed by atoms with Gasteiger partial charge in [0, 0.05) is 16.8 Å². The lowest BCUT2D eigenvalue weighted by molar-refractivity contribution is -0.119. The molecular formula is C19H20Cl2FN5O. The molecule has 0 aliphatic heterocycles. The van der Waals surface area contributed by atoms with E-state index < -0.39 is 11.9 Å². The number of aromatic nitrogens is 4. The Morgan fingerprint density at radius 2 is 2.07 bits per heavy atom. The number of hydrogen-bond acceptors (Lipinski definition) is 3. The SMILES string of the molecule is CCC(C(=O)Nc1c(C)nn(Cc2c(F)cccc2Cl)c1C)n1cc(Cl)cn1. The van der Waals surface area contributed by atoms with Crippen LogP contribution in [-0.4, -0.2) is 25.5 Å². The maximum atomic E-state index is 14.1. The van der Waals surface area contributed by atoms with E-state index in [1.54, 1.807) is 29.9 Å². The third-order valence-electron chi connectivity index (χ3n) is 4.58. The molecule has 0 bridgehead atoms. The fourth-order valence-electron chi connectivity index (χ4n) is 3.05. The van der Waals surface area contributed by atoms with Gasteiger partial charge in [-0.3, -0.25) is 14.2 Å². The largest absolute Gasteiger partial charge is 0.321 e. The summed E-state index contributed by atoms with van der Waals surface area (Å²) in [6, 6.07) is 4.04. The van der Waals surface area contributed by atoms with Gasteiger partial charge in [0.15, 0.2) is 0 Å². The van der Waals surface area contributed by atoms with Crippen molar-refractivity contribution in [1.82, 2.24) is 19.6 Å². The monoisotopic (exact) mass is 423 g/mol. The molecule has 0 fully saturated rings. The van der Waals surface area contributed by atoms with Crippen molar-refractivity contribution >= 4 is 34.8 Å². The van der Waals surface area contributed by atoms with Gasteiger partial charge >= 0.3 is 0 Å². The minimum atomic E-state index is -0.504. The predicted octanol–water partition coefficient (Wildman–Crippen LogP) is 4.78. The van der Waals surface area contributed by atoms with Crippen molar-refractivity contribution in [3.63, 3.8) is 0 Å². The average Bonchev–Trinajstić information content (AvgIpc) is 3.17. The third-order valence-corrected chi connectivity index (χ3v) is 5.13. The van der Waals surface area contributed by atoms with Crippen LogP contribution in [0.15, 0.2) is 30.6 Å². The molecule has 0 saturated heterocycles. The molecule has 1 atom stereocenters. The minimum Gasteiger partial charge on any atom is -0.321 e. The maximum Gasteiger partial charge on any atom is 0.249 e. The molecule has 0 aliphatic rings. The van der Waals surface area contributed by atoms with Crippen LogP contribution in [-0.2, 0) is 11.3 Å². The van der Waals surface area contributed by atoms with Gasteiger partial charge in [-0.25, -0.2) is 4.39 Å². The van der Waals surface area contributed by atoms with E-state index in [1.807, 2.05) is 13.8 Å². The average molecular weight is 424 g/mol. The van der Waals surface area contributed by atoms with Crippen molar-refractivity contribution in [3.05, 3.63) is 63.4 Å². The first-order chi connectivity index (χ1) is 13.3. The molecule has 0 radical (unpaired) electrons. The lowest BCUT2D eigenvalue weighted by atomic mass is 10.2. The minimum absolute atomic E-state index is 0.167.